The fourth-order valence-electron chi connectivity index (χ4n) is 1.14. The zero-order valence-electron chi connectivity index (χ0n) is 8.78. The maximum absolute atomic E-state index is 11.5. The van der Waals surface area contributed by atoms with E-state index in [-0.39, 0.29) is 11.9 Å². The zero-order chi connectivity index (χ0) is 10.6. The summed E-state index contributed by atoms with van der Waals surface area (Å²) in [5, 5.41) is 7.30. The number of amides is 1. The molecule has 3 nitrogen and oxygen atoms in total. The lowest BCUT2D eigenvalue weighted by Crippen LogP contribution is -2.41. The fraction of sp³-hybridized carbons (Fsp3) is 0.500. The Morgan fingerprint density at radius 3 is 2.86 bits per heavy atom. The normalized spacial score (nSPS) is 12.5. The van der Waals surface area contributed by atoms with Crippen LogP contribution in [0.4, 0.5) is 0 Å². The quantitative estimate of drug-likeness (QED) is 0.816. The Hall–Kier alpha value is -0.870. The van der Waals surface area contributed by atoms with E-state index in [0.717, 1.165) is 6.54 Å². The minimum Gasteiger partial charge on any atom is -0.347 e. The third-order valence-electron chi connectivity index (χ3n) is 2.00. The molecule has 0 aliphatic heterocycles. The van der Waals surface area contributed by atoms with Crippen LogP contribution in [0.1, 0.15) is 12.5 Å². The number of hydrogen-bond acceptors (Lipinski definition) is 3. The molecule has 0 fully saturated rings. The van der Waals surface area contributed by atoms with Crippen LogP contribution < -0.4 is 5.32 Å². The Morgan fingerprint density at radius 1 is 1.64 bits per heavy atom. The van der Waals surface area contributed by atoms with Crippen molar-refractivity contribution in [2.75, 3.05) is 14.1 Å². The van der Waals surface area contributed by atoms with Crippen LogP contribution in [0.25, 0.3) is 0 Å². The van der Waals surface area contributed by atoms with Crippen molar-refractivity contribution >= 4 is 17.2 Å². The van der Waals surface area contributed by atoms with Crippen molar-refractivity contribution in [1.29, 1.82) is 0 Å². The first-order valence-electron chi connectivity index (χ1n) is 4.57. The van der Waals surface area contributed by atoms with Crippen molar-refractivity contribution in [2.24, 2.45) is 0 Å². The first-order chi connectivity index (χ1) is 6.61. The van der Waals surface area contributed by atoms with Crippen molar-refractivity contribution < 1.29 is 4.79 Å². The minimum absolute atomic E-state index is 0.111. The van der Waals surface area contributed by atoms with Crippen LogP contribution >= 0.6 is 11.3 Å². The van der Waals surface area contributed by atoms with Crippen molar-refractivity contribution in [1.82, 2.24) is 10.2 Å². The zero-order valence-corrected chi connectivity index (χ0v) is 9.60. The number of carbonyl (C=O) groups excluding carboxylic acids is 1. The summed E-state index contributed by atoms with van der Waals surface area (Å²) in [5.74, 6) is 0.111. The van der Waals surface area contributed by atoms with Gasteiger partial charge >= 0.3 is 0 Å². The summed E-state index contributed by atoms with van der Waals surface area (Å²) in [4.78, 5) is 13.1. The van der Waals surface area contributed by atoms with E-state index >= 15 is 0 Å². The molecule has 0 aliphatic carbocycles. The lowest BCUT2D eigenvalue weighted by atomic mass is 10.2. The molecule has 1 rings (SSSR count). The first-order valence-corrected chi connectivity index (χ1v) is 5.51. The molecular formula is C10H16N2OS. The van der Waals surface area contributed by atoms with Gasteiger partial charge in [-0.3, -0.25) is 4.79 Å². The average Bonchev–Trinajstić information content (AvgIpc) is 2.65. The molecule has 1 atom stereocenters. The molecule has 1 heterocycles. The second kappa shape index (κ2) is 5.12. The lowest BCUT2D eigenvalue weighted by molar-refractivity contribution is -0.130. The van der Waals surface area contributed by atoms with E-state index in [1.807, 2.05) is 12.3 Å². The maximum Gasteiger partial charge on any atom is 0.238 e. The monoisotopic (exact) mass is 212 g/mol. The highest BCUT2D eigenvalue weighted by Gasteiger charge is 2.13. The Bertz CT molecular complexity index is 282. The molecule has 0 aromatic carbocycles. The van der Waals surface area contributed by atoms with E-state index in [2.05, 4.69) is 16.8 Å². The predicted molar refractivity (Wildman–Crippen MR) is 59.3 cm³/mol. The topological polar surface area (TPSA) is 32.3 Å². The molecule has 14 heavy (non-hydrogen) atoms. The summed E-state index contributed by atoms with van der Waals surface area (Å²) in [5.41, 5.74) is 1.23. The van der Waals surface area contributed by atoms with Gasteiger partial charge in [-0.25, -0.2) is 0 Å². The molecule has 1 amide bonds. The number of nitrogens with one attached hydrogen (secondary N) is 1. The predicted octanol–water partition coefficient (Wildman–Crippen LogP) is 1.31. The van der Waals surface area contributed by atoms with Crippen molar-refractivity contribution in [3.05, 3.63) is 22.4 Å². The molecule has 0 saturated heterocycles. The number of carbonyl (C=O) groups is 1. The number of likely N-dealkylation sites (N-methyl/N-ethyl adjacent to an activating group) is 1. The van der Waals surface area contributed by atoms with E-state index in [4.69, 9.17) is 0 Å². The molecule has 0 bridgehead atoms. The summed E-state index contributed by atoms with van der Waals surface area (Å²) in [7, 11) is 3.54. The van der Waals surface area contributed by atoms with Gasteiger partial charge in [-0.2, -0.15) is 11.3 Å². The van der Waals surface area contributed by atoms with E-state index in [1.165, 1.54) is 5.56 Å². The molecule has 1 N–H and O–H groups in total. The van der Waals surface area contributed by atoms with Crippen LogP contribution in [-0.4, -0.2) is 30.9 Å². The molecule has 1 aromatic heterocycles. The van der Waals surface area contributed by atoms with Crippen LogP contribution in [0, 0.1) is 0 Å². The van der Waals surface area contributed by atoms with Gasteiger partial charge in [0.15, 0.2) is 0 Å². The first kappa shape index (κ1) is 11.2. The third-order valence-corrected chi connectivity index (χ3v) is 2.74. The number of hydrogen-bond donors (Lipinski definition) is 1. The molecule has 0 unspecified atom stereocenters. The second-order valence-electron chi connectivity index (χ2n) is 3.47. The van der Waals surface area contributed by atoms with Crippen molar-refractivity contribution in [3.63, 3.8) is 0 Å². The summed E-state index contributed by atoms with van der Waals surface area (Å²) in [6, 6.07) is 1.94. The van der Waals surface area contributed by atoms with E-state index < -0.39 is 0 Å². The summed E-state index contributed by atoms with van der Waals surface area (Å²) in [6.07, 6.45) is 0. The number of nitrogens with zero attached hydrogens (tertiary/aromatic N) is 1. The van der Waals surface area contributed by atoms with E-state index in [1.54, 1.807) is 30.3 Å². The Balaban J connectivity index is 2.35. The van der Waals surface area contributed by atoms with Crippen molar-refractivity contribution in [2.45, 2.75) is 19.5 Å². The van der Waals surface area contributed by atoms with Gasteiger partial charge in [0, 0.05) is 20.6 Å². The summed E-state index contributed by atoms with van der Waals surface area (Å²) >= 11 is 1.67. The van der Waals surface area contributed by atoms with Gasteiger partial charge in [0.1, 0.15) is 0 Å². The summed E-state index contributed by atoms with van der Waals surface area (Å²) in [6.45, 7) is 2.64. The Kier molecular flexibility index (Phi) is 4.10. The van der Waals surface area contributed by atoms with Gasteiger partial charge in [0.2, 0.25) is 5.91 Å². The van der Waals surface area contributed by atoms with Crippen LogP contribution in [0.2, 0.25) is 0 Å². The summed E-state index contributed by atoms with van der Waals surface area (Å²) < 4.78 is 0. The smallest absolute Gasteiger partial charge is 0.238 e. The highest BCUT2D eigenvalue weighted by atomic mass is 32.1. The molecule has 0 aliphatic rings. The van der Waals surface area contributed by atoms with Gasteiger partial charge in [-0.15, -0.1) is 0 Å². The largest absolute Gasteiger partial charge is 0.347 e. The van der Waals surface area contributed by atoms with Gasteiger partial charge < -0.3 is 10.2 Å². The minimum atomic E-state index is -0.120. The molecule has 4 heteroatoms. The standard InChI is InChI=1S/C10H16N2OS/c1-8(10(13)12(2)3)11-6-9-4-5-14-7-9/h4-5,7-8,11H,6H2,1-3H3/t8-/m0/s1. The molecule has 0 saturated carbocycles. The van der Waals surface area contributed by atoms with E-state index in [9.17, 15) is 4.79 Å². The Labute approximate surface area is 88.7 Å². The van der Waals surface area contributed by atoms with Crippen LogP contribution in [0.5, 0.6) is 0 Å². The average molecular weight is 212 g/mol. The molecule has 78 valence electrons. The fourth-order valence-corrected chi connectivity index (χ4v) is 1.81. The highest BCUT2D eigenvalue weighted by molar-refractivity contribution is 7.07. The lowest BCUT2D eigenvalue weighted by Gasteiger charge is -2.17. The van der Waals surface area contributed by atoms with Gasteiger partial charge in [0.25, 0.3) is 0 Å². The molecule has 0 spiro atoms. The molecule has 0 radical (unpaired) electrons. The van der Waals surface area contributed by atoms with Gasteiger partial charge in [-0.05, 0) is 29.3 Å². The van der Waals surface area contributed by atoms with E-state index in [0.29, 0.717) is 0 Å². The maximum atomic E-state index is 11.5. The van der Waals surface area contributed by atoms with Crippen LogP contribution in [-0.2, 0) is 11.3 Å². The molecule has 1 aromatic rings. The second-order valence-corrected chi connectivity index (χ2v) is 4.25. The SMILES string of the molecule is C[C@H](NCc1ccsc1)C(=O)N(C)C. The molecular weight excluding hydrogens is 196 g/mol. The van der Waals surface area contributed by atoms with Gasteiger partial charge in [-0.1, -0.05) is 0 Å². The van der Waals surface area contributed by atoms with Gasteiger partial charge in [0.05, 0.1) is 6.04 Å². The number of thiophene rings is 1. The Morgan fingerprint density at radius 2 is 2.36 bits per heavy atom. The number of rotatable bonds is 4. The highest BCUT2D eigenvalue weighted by Crippen LogP contribution is 2.05. The van der Waals surface area contributed by atoms with Crippen LogP contribution in [0.15, 0.2) is 16.8 Å². The van der Waals surface area contributed by atoms with Crippen LogP contribution in [0.3, 0.4) is 0 Å². The third kappa shape index (κ3) is 3.12. The van der Waals surface area contributed by atoms with Crippen molar-refractivity contribution in [3.8, 4) is 0 Å².